The number of hydrogen-bond donors (Lipinski definition) is 1. The molecule has 0 saturated heterocycles. The molecule has 1 atom stereocenters. The first kappa shape index (κ1) is 15.5. The van der Waals surface area contributed by atoms with Crippen LogP contribution in [-0.4, -0.2) is 11.8 Å². The summed E-state index contributed by atoms with van der Waals surface area (Å²) in [5, 5.41) is 3.16. The van der Waals surface area contributed by atoms with Gasteiger partial charge in [0.05, 0.1) is 12.2 Å². The Morgan fingerprint density at radius 3 is 2.78 bits per heavy atom. The third-order valence-corrected chi connectivity index (χ3v) is 3.92. The molecular formula is C17H14ClFN2O2. The van der Waals surface area contributed by atoms with Gasteiger partial charge in [0.1, 0.15) is 11.9 Å². The zero-order chi connectivity index (χ0) is 16.6. The van der Waals surface area contributed by atoms with Crippen molar-refractivity contribution in [1.29, 1.82) is 0 Å². The maximum Gasteiger partial charge on any atom is 0.254 e. The van der Waals surface area contributed by atoms with E-state index in [1.165, 1.54) is 24.0 Å². The predicted octanol–water partition coefficient (Wildman–Crippen LogP) is 3.20. The van der Waals surface area contributed by atoms with Crippen LogP contribution in [0.15, 0.2) is 42.5 Å². The fourth-order valence-corrected chi connectivity index (χ4v) is 2.95. The molecule has 1 heterocycles. The molecule has 6 heteroatoms. The molecular weight excluding hydrogens is 319 g/mol. The van der Waals surface area contributed by atoms with Crippen LogP contribution in [0.3, 0.4) is 0 Å². The third kappa shape index (κ3) is 3.05. The van der Waals surface area contributed by atoms with Gasteiger partial charge in [-0.05, 0) is 35.9 Å². The number of anilines is 1. The van der Waals surface area contributed by atoms with E-state index >= 15 is 0 Å². The zero-order valence-corrected chi connectivity index (χ0v) is 13.1. The molecule has 2 aromatic carbocycles. The van der Waals surface area contributed by atoms with Gasteiger partial charge in [-0.15, -0.1) is 0 Å². The maximum atomic E-state index is 13.5. The monoisotopic (exact) mass is 332 g/mol. The van der Waals surface area contributed by atoms with Crippen LogP contribution in [0.5, 0.6) is 0 Å². The Kier molecular flexibility index (Phi) is 4.05. The molecule has 0 spiro atoms. The SMILES string of the molecule is CC(=O)N[C@@H]1C(=O)N(Cc2cccc(Cl)c2)c2ccc(F)cc21. The van der Waals surface area contributed by atoms with Crippen LogP contribution < -0.4 is 10.2 Å². The number of amides is 2. The average molecular weight is 333 g/mol. The molecule has 0 aliphatic carbocycles. The van der Waals surface area contributed by atoms with E-state index in [1.54, 1.807) is 24.3 Å². The van der Waals surface area contributed by atoms with Crippen LogP contribution in [0.4, 0.5) is 10.1 Å². The molecule has 0 aromatic heterocycles. The minimum absolute atomic E-state index is 0.291. The van der Waals surface area contributed by atoms with Gasteiger partial charge in [0.25, 0.3) is 5.91 Å². The number of carbonyl (C=O) groups excluding carboxylic acids is 2. The van der Waals surface area contributed by atoms with E-state index in [0.29, 0.717) is 22.8 Å². The number of halogens is 2. The normalized spacial score (nSPS) is 16.4. The van der Waals surface area contributed by atoms with E-state index < -0.39 is 11.9 Å². The first-order valence-electron chi connectivity index (χ1n) is 7.08. The number of hydrogen-bond acceptors (Lipinski definition) is 2. The fourth-order valence-electron chi connectivity index (χ4n) is 2.73. The van der Waals surface area contributed by atoms with E-state index in [-0.39, 0.29) is 11.8 Å². The molecule has 2 amide bonds. The van der Waals surface area contributed by atoms with Gasteiger partial charge < -0.3 is 10.2 Å². The van der Waals surface area contributed by atoms with Crippen molar-refractivity contribution in [1.82, 2.24) is 5.32 Å². The van der Waals surface area contributed by atoms with Crippen LogP contribution in [0.25, 0.3) is 0 Å². The second-order valence-corrected chi connectivity index (χ2v) is 5.83. The molecule has 0 unspecified atom stereocenters. The number of rotatable bonds is 3. The number of fused-ring (bicyclic) bond motifs is 1. The highest BCUT2D eigenvalue weighted by Gasteiger charge is 2.38. The highest BCUT2D eigenvalue weighted by Crippen LogP contribution is 2.37. The Labute approximate surface area is 137 Å². The summed E-state index contributed by atoms with van der Waals surface area (Å²) < 4.78 is 13.5. The molecule has 1 N–H and O–H groups in total. The molecule has 3 rings (SSSR count). The Bertz CT molecular complexity index is 794. The van der Waals surface area contributed by atoms with Crippen molar-refractivity contribution < 1.29 is 14.0 Å². The van der Waals surface area contributed by atoms with Crippen LogP contribution in [0.1, 0.15) is 24.1 Å². The summed E-state index contributed by atoms with van der Waals surface area (Å²) in [7, 11) is 0. The largest absolute Gasteiger partial charge is 0.341 e. The molecule has 0 radical (unpaired) electrons. The topological polar surface area (TPSA) is 49.4 Å². The highest BCUT2D eigenvalue weighted by atomic mass is 35.5. The van der Waals surface area contributed by atoms with E-state index in [2.05, 4.69) is 5.32 Å². The maximum absolute atomic E-state index is 13.5. The molecule has 1 aliphatic heterocycles. The molecule has 0 bridgehead atoms. The van der Waals surface area contributed by atoms with E-state index in [0.717, 1.165) is 5.56 Å². The van der Waals surface area contributed by atoms with Crippen LogP contribution >= 0.6 is 11.6 Å². The summed E-state index contributed by atoms with van der Waals surface area (Å²) in [5.74, 6) is -1.08. The van der Waals surface area contributed by atoms with E-state index in [1.807, 2.05) is 6.07 Å². The molecule has 0 saturated carbocycles. The third-order valence-electron chi connectivity index (χ3n) is 3.68. The quantitative estimate of drug-likeness (QED) is 0.938. The first-order chi connectivity index (χ1) is 11.0. The smallest absolute Gasteiger partial charge is 0.254 e. The van der Waals surface area contributed by atoms with Crippen molar-refractivity contribution >= 4 is 29.1 Å². The van der Waals surface area contributed by atoms with Crippen molar-refractivity contribution in [2.75, 3.05) is 4.90 Å². The second-order valence-electron chi connectivity index (χ2n) is 5.39. The summed E-state index contributed by atoms with van der Waals surface area (Å²) in [5.41, 5.74) is 1.91. The van der Waals surface area contributed by atoms with Gasteiger partial charge in [-0.2, -0.15) is 0 Å². The van der Waals surface area contributed by atoms with E-state index in [4.69, 9.17) is 11.6 Å². The molecule has 23 heavy (non-hydrogen) atoms. The van der Waals surface area contributed by atoms with Crippen molar-refractivity contribution in [3.05, 3.63) is 64.4 Å². The number of benzene rings is 2. The lowest BCUT2D eigenvalue weighted by Crippen LogP contribution is -2.36. The minimum atomic E-state index is -0.864. The van der Waals surface area contributed by atoms with Crippen molar-refractivity contribution in [2.45, 2.75) is 19.5 Å². The molecule has 4 nitrogen and oxygen atoms in total. The van der Waals surface area contributed by atoms with Gasteiger partial charge >= 0.3 is 0 Å². The average Bonchev–Trinajstić information content (AvgIpc) is 2.72. The summed E-state index contributed by atoms with van der Waals surface area (Å²) in [6.07, 6.45) is 0. The molecule has 0 fully saturated rings. The fraction of sp³-hybridized carbons (Fsp3) is 0.176. The van der Waals surface area contributed by atoms with Gasteiger partial charge in [-0.1, -0.05) is 23.7 Å². The summed E-state index contributed by atoms with van der Waals surface area (Å²) in [6.45, 7) is 1.62. The first-order valence-corrected chi connectivity index (χ1v) is 7.46. The number of carbonyl (C=O) groups is 2. The summed E-state index contributed by atoms with van der Waals surface area (Å²) in [4.78, 5) is 25.5. The molecule has 118 valence electrons. The lowest BCUT2D eigenvalue weighted by molar-refractivity contribution is -0.126. The standard InChI is InChI=1S/C17H14ClFN2O2/c1-10(22)20-16-14-8-13(19)5-6-15(14)21(17(16)23)9-11-3-2-4-12(18)7-11/h2-8,16H,9H2,1H3,(H,20,22)/t16-/m0/s1. The van der Waals surface area contributed by atoms with Crippen molar-refractivity contribution in [3.63, 3.8) is 0 Å². The molecule has 2 aromatic rings. The highest BCUT2D eigenvalue weighted by molar-refractivity contribution is 6.30. The number of nitrogens with zero attached hydrogens (tertiary/aromatic N) is 1. The van der Waals surface area contributed by atoms with E-state index in [9.17, 15) is 14.0 Å². The minimum Gasteiger partial charge on any atom is -0.341 e. The summed E-state index contributed by atoms with van der Waals surface area (Å²) in [6, 6.07) is 10.4. The lowest BCUT2D eigenvalue weighted by Gasteiger charge is -2.18. The van der Waals surface area contributed by atoms with Crippen molar-refractivity contribution in [2.24, 2.45) is 0 Å². The van der Waals surface area contributed by atoms with Gasteiger partial charge in [0.15, 0.2) is 0 Å². The van der Waals surface area contributed by atoms with Gasteiger partial charge in [0, 0.05) is 17.5 Å². The number of nitrogens with one attached hydrogen (secondary N) is 1. The van der Waals surface area contributed by atoms with Crippen LogP contribution in [0, 0.1) is 5.82 Å². The second kappa shape index (κ2) is 6.01. The van der Waals surface area contributed by atoms with Gasteiger partial charge in [-0.25, -0.2) is 4.39 Å². The van der Waals surface area contributed by atoms with Crippen LogP contribution in [-0.2, 0) is 16.1 Å². The van der Waals surface area contributed by atoms with Gasteiger partial charge in [-0.3, -0.25) is 9.59 Å². The Hall–Kier alpha value is -2.40. The lowest BCUT2D eigenvalue weighted by atomic mass is 10.1. The molecule has 1 aliphatic rings. The van der Waals surface area contributed by atoms with Gasteiger partial charge in [0.2, 0.25) is 5.91 Å². The van der Waals surface area contributed by atoms with Crippen LogP contribution in [0.2, 0.25) is 5.02 Å². The zero-order valence-electron chi connectivity index (χ0n) is 12.3. The van der Waals surface area contributed by atoms with Crippen molar-refractivity contribution in [3.8, 4) is 0 Å². The Balaban J connectivity index is 1.98. The predicted molar refractivity (Wildman–Crippen MR) is 85.6 cm³/mol. The Morgan fingerprint density at radius 1 is 1.30 bits per heavy atom. The summed E-state index contributed by atoms with van der Waals surface area (Å²) >= 11 is 5.98. The Morgan fingerprint density at radius 2 is 2.09 bits per heavy atom.